The highest BCUT2D eigenvalue weighted by molar-refractivity contribution is 5.88. The number of aromatic nitrogens is 1. The molecule has 5 nitrogen and oxygen atoms in total. The van der Waals surface area contributed by atoms with Crippen molar-refractivity contribution in [1.82, 2.24) is 9.88 Å². The average molecular weight is 405 g/mol. The first-order chi connectivity index (χ1) is 14.5. The Morgan fingerprint density at radius 1 is 1.23 bits per heavy atom. The van der Waals surface area contributed by atoms with Crippen molar-refractivity contribution in [2.24, 2.45) is 0 Å². The van der Waals surface area contributed by atoms with Crippen molar-refractivity contribution in [3.05, 3.63) is 64.8 Å². The number of fused-ring (bicyclic) bond motifs is 3. The van der Waals surface area contributed by atoms with Gasteiger partial charge in [-0.05, 0) is 74.4 Å². The van der Waals surface area contributed by atoms with Crippen molar-refractivity contribution in [1.29, 1.82) is 0 Å². The third-order valence-corrected chi connectivity index (χ3v) is 7.34. The molecule has 2 aromatic carbocycles. The molecule has 2 saturated heterocycles. The number of aromatic carboxylic acids is 1. The number of H-pyrrole nitrogens is 1. The van der Waals surface area contributed by atoms with Crippen LogP contribution in [0.4, 0.5) is 0 Å². The fraction of sp³-hybridized carbons (Fsp3) is 0.400. The zero-order chi connectivity index (χ0) is 20.9. The number of aromatic amines is 1. The third-order valence-electron chi connectivity index (χ3n) is 7.34. The van der Waals surface area contributed by atoms with Crippen LogP contribution in [0.1, 0.15) is 59.2 Å². The van der Waals surface area contributed by atoms with Gasteiger partial charge in [0, 0.05) is 40.8 Å². The molecule has 2 fully saturated rings. The predicted molar refractivity (Wildman–Crippen MR) is 117 cm³/mol. The second-order valence-electron chi connectivity index (χ2n) is 8.77. The number of methoxy groups -OCH3 is 1. The monoisotopic (exact) mass is 404 g/mol. The Kier molecular flexibility index (Phi) is 4.58. The maximum absolute atomic E-state index is 11.3. The number of hydrogen-bond donors (Lipinski definition) is 2. The Hall–Kier alpha value is -2.79. The fourth-order valence-corrected chi connectivity index (χ4v) is 5.86. The largest absolute Gasteiger partial charge is 0.496 e. The molecule has 2 bridgehead atoms. The Bertz CT molecular complexity index is 1100. The fourth-order valence-electron chi connectivity index (χ4n) is 5.86. The maximum atomic E-state index is 11.3. The number of nitrogens with zero attached hydrogens (tertiary/aromatic N) is 1. The van der Waals surface area contributed by atoms with Crippen LogP contribution >= 0.6 is 0 Å². The van der Waals surface area contributed by atoms with Gasteiger partial charge in [-0.3, -0.25) is 4.90 Å². The molecule has 30 heavy (non-hydrogen) atoms. The molecular weight excluding hydrogens is 376 g/mol. The van der Waals surface area contributed by atoms with Gasteiger partial charge in [0.05, 0.1) is 12.7 Å². The number of ether oxygens (including phenoxy) is 1. The lowest BCUT2D eigenvalue weighted by Crippen LogP contribution is -2.47. The highest BCUT2D eigenvalue weighted by atomic mass is 16.5. The lowest BCUT2D eigenvalue weighted by atomic mass is 9.81. The van der Waals surface area contributed by atoms with Crippen LogP contribution < -0.4 is 4.74 Å². The van der Waals surface area contributed by atoms with E-state index >= 15 is 0 Å². The van der Waals surface area contributed by atoms with Gasteiger partial charge in [-0.15, -0.1) is 0 Å². The van der Waals surface area contributed by atoms with E-state index in [9.17, 15) is 9.90 Å². The van der Waals surface area contributed by atoms with Gasteiger partial charge >= 0.3 is 5.97 Å². The van der Waals surface area contributed by atoms with Crippen LogP contribution in [0.15, 0.2) is 42.6 Å². The smallest absolute Gasteiger partial charge is 0.335 e. The van der Waals surface area contributed by atoms with Crippen LogP contribution in [0.3, 0.4) is 0 Å². The molecule has 2 atom stereocenters. The maximum Gasteiger partial charge on any atom is 0.335 e. The van der Waals surface area contributed by atoms with Crippen molar-refractivity contribution in [2.45, 2.75) is 57.2 Å². The standard InChI is InChI=1S/C25H28N2O3/c1-16-14-22(30-2)21(20-10-13-26-23(16)20)15-27-19-4-3-11-25(27,12-9-19)18-7-5-17(6-8-18)24(28)29/h5-8,10,13-14,19,26H,3-4,9,11-12,15H2,1-2H3,(H,28,29). The SMILES string of the molecule is COc1cc(C)c2[nH]ccc2c1CN1C2CCCC1(c1ccc(C(=O)O)cc1)CC2. The van der Waals surface area contributed by atoms with Crippen molar-refractivity contribution in [2.75, 3.05) is 7.11 Å². The van der Waals surface area contributed by atoms with Gasteiger partial charge < -0.3 is 14.8 Å². The zero-order valence-corrected chi connectivity index (χ0v) is 17.6. The molecule has 2 aliphatic heterocycles. The molecule has 2 unspecified atom stereocenters. The van der Waals surface area contributed by atoms with Crippen molar-refractivity contribution in [3.8, 4) is 5.75 Å². The first-order valence-electron chi connectivity index (χ1n) is 10.8. The van der Waals surface area contributed by atoms with Crippen molar-refractivity contribution in [3.63, 3.8) is 0 Å². The number of nitrogens with one attached hydrogen (secondary N) is 1. The molecule has 5 heteroatoms. The van der Waals surface area contributed by atoms with Gasteiger partial charge in [0.25, 0.3) is 0 Å². The lowest BCUT2D eigenvalue weighted by molar-refractivity contribution is 0.0423. The molecule has 0 amide bonds. The molecule has 0 radical (unpaired) electrons. The summed E-state index contributed by atoms with van der Waals surface area (Å²) in [4.78, 5) is 17.4. The van der Waals surface area contributed by atoms with Crippen molar-refractivity contribution < 1.29 is 14.6 Å². The Morgan fingerprint density at radius 2 is 2.03 bits per heavy atom. The summed E-state index contributed by atoms with van der Waals surface area (Å²) in [6.07, 6.45) is 7.86. The Morgan fingerprint density at radius 3 is 2.77 bits per heavy atom. The van der Waals surface area contributed by atoms with Crippen LogP contribution in [-0.2, 0) is 12.1 Å². The van der Waals surface area contributed by atoms with Crippen LogP contribution in [-0.4, -0.2) is 34.1 Å². The molecule has 3 aromatic rings. The summed E-state index contributed by atoms with van der Waals surface area (Å²) < 4.78 is 5.81. The van der Waals surface area contributed by atoms with E-state index in [0.717, 1.165) is 25.1 Å². The Balaban J connectivity index is 1.58. The number of carbonyl (C=O) groups is 1. The molecule has 1 aromatic heterocycles. The highest BCUT2D eigenvalue weighted by Gasteiger charge is 2.49. The number of piperidine rings is 1. The molecule has 0 saturated carbocycles. The lowest BCUT2D eigenvalue weighted by Gasteiger charge is -2.46. The number of aryl methyl sites for hydroxylation is 1. The minimum absolute atomic E-state index is 0.0293. The number of hydrogen-bond acceptors (Lipinski definition) is 3. The quantitative estimate of drug-likeness (QED) is 0.611. The second kappa shape index (κ2) is 7.17. The number of rotatable bonds is 5. The van der Waals surface area contributed by atoms with E-state index in [1.165, 1.54) is 46.9 Å². The summed E-state index contributed by atoms with van der Waals surface area (Å²) in [5.41, 5.74) is 5.16. The molecule has 2 N–H and O–H groups in total. The minimum Gasteiger partial charge on any atom is -0.496 e. The summed E-state index contributed by atoms with van der Waals surface area (Å²) in [7, 11) is 1.75. The second-order valence-corrected chi connectivity index (χ2v) is 8.77. The van der Waals surface area contributed by atoms with Gasteiger partial charge in [-0.2, -0.15) is 0 Å². The molecule has 0 spiro atoms. The molecule has 5 rings (SSSR count). The molecule has 156 valence electrons. The summed E-state index contributed by atoms with van der Waals surface area (Å²) >= 11 is 0. The molecular formula is C25H28N2O3. The van der Waals surface area contributed by atoms with Gasteiger partial charge in [0.15, 0.2) is 0 Å². The van der Waals surface area contributed by atoms with Gasteiger partial charge in [-0.1, -0.05) is 12.1 Å². The van der Waals surface area contributed by atoms with Crippen molar-refractivity contribution >= 4 is 16.9 Å². The first-order valence-corrected chi connectivity index (χ1v) is 10.8. The van der Waals surface area contributed by atoms with E-state index < -0.39 is 5.97 Å². The van der Waals surface area contributed by atoms with E-state index in [0.29, 0.717) is 11.6 Å². The van der Waals surface area contributed by atoms with Gasteiger partial charge in [0.2, 0.25) is 0 Å². The predicted octanol–water partition coefficient (Wildman–Crippen LogP) is 5.23. The van der Waals surface area contributed by atoms with E-state index in [1.807, 2.05) is 18.3 Å². The zero-order valence-electron chi connectivity index (χ0n) is 17.6. The van der Waals surface area contributed by atoms with Crippen LogP contribution in [0.5, 0.6) is 5.75 Å². The summed E-state index contributed by atoms with van der Waals surface area (Å²) in [6, 6.07) is 12.4. The van der Waals surface area contributed by atoms with Crippen LogP contribution in [0, 0.1) is 6.92 Å². The van der Waals surface area contributed by atoms with Gasteiger partial charge in [-0.25, -0.2) is 4.79 Å². The van der Waals surface area contributed by atoms with E-state index in [2.05, 4.69) is 28.9 Å². The van der Waals surface area contributed by atoms with E-state index in [4.69, 9.17) is 4.74 Å². The highest BCUT2D eigenvalue weighted by Crippen LogP contribution is 2.52. The van der Waals surface area contributed by atoms with E-state index in [1.54, 1.807) is 19.2 Å². The third kappa shape index (κ3) is 2.83. The van der Waals surface area contributed by atoms with Crippen LogP contribution in [0.2, 0.25) is 0 Å². The number of benzene rings is 2. The normalized spacial score (nSPS) is 23.7. The Labute approximate surface area is 176 Å². The number of carboxylic acids is 1. The molecule has 0 aliphatic carbocycles. The average Bonchev–Trinajstić information content (AvgIpc) is 3.31. The number of carboxylic acid groups (broad SMARTS) is 1. The van der Waals surface area contributed by atoms with Gasteiger partial charge in [0.1, 0.15) is 5.75 Å². The summed E-state index contributed by atoms with van der Waals surface area (Å²) in [5.74, 6) is 0.0732. The molecule has 2 aliphatic rings. The summed E-state index contributed by atoms with van der Waals surface area (Å²) in [6.45, 7) is 2.95. The van der Waals surface area contributed by atoms with Crippen LogP contribution in [0.25, 0.3) is 10.9 Å². The molecule has 3 heterocycles. The van der Waals surface area contributed by atoms with E-state index in [-0.39, 0.29) is 5.54 Å². The topological polar surface area (TPSA) is 65.6 Å². The summed E-state index contributed by atoms with van der Waals surface area (Å²) in [5, 5.41) is 10.5. The first kappa shape index (κ1) is 19.2. The minimum atomic E-state index is -0.872.